The highest BCUT2D eigenvalue weighted by Gasteiger charge is 2.01. The summed E-state index contributed by atoms with van der Waals surface area (Å²) in [6.45, 7) is 3.87. The third-order valence-electron chi connectivity index (χ3n) is 1.90. The summed E-state index contributed by atoms with van der Waals surface area (Å²) in [4.78, 5) is 2.12. The fourth-order valence-corrected chi connectivity index (χ4v) is 0.981. The molecule has 0 saturated heterocycles. The van der Waals surface area contributed by atoms with Crippen LogP contribution in [0.2, 0.25) is 0 Å². The van der Waals surface area contributed by atoms with Gasteiger partial charge in [0.2, 0.25) is 0 Å². The maximum atomic E-state index is 5.65. The molecule has 4 nitrogen and oxygen atoms in total. The van der Waals surface area contributed by atoms with E-state index < -0.39 is 0 Å². The quantitative estimate of drug-likeness (QED) is 0.707. The number of nitrogen functional groups attached to an aromatic ring is 1. The summed E-state index contributed by atoms with van der Waals surface area (Å²) in [6.07, 6.45) is 1.70. The minimum absolute atomic E-state index is 0.772. The van der Waals surface area contributed by atoms with Crippen LogP contribution in [0.25, 0.3) is 0 Å². The Kier molecular flexibility index (Phi) is 2.70. The number of rotatable bonds is 3. The van der Waals surface area contributed by atoms with Gasteiger partial charge in [0, 0.05) is 6.54 Å². The monoisotopic (exact) mass is 168 g/mol. The molecule has 4 heteroatoms. The maximum Gasteiger partial charge on any atom is 0.0730 e. The van der Waals surface area contributed by atoms with E-state index in [1.54, 1.807) is 6.20 Å². The number of hydrogen-bond acceptors (Lipinski definition) is 3. The van der Waals surface area contributed by atoms with Crippen LogP contribution in [0.4, 0.5) is 5.69 Å². The van der Waals surface area contributed by atoms with Gasteiger partial charge >= 0.3 is 0 Å². The van der Waals surface area contributed by atoms with E-state index in [9.17, 15) is 0 Å². The number of nitrogens with zero attached hydrogens (tertiary/aromatic N) is 3. The largest absolute Gasteiger partial charge is 0.396 e. The van der Waals surface area contributed by atoms with Crippen molar-refractivity contribution >= 4 is 5.69 Å². The van der Waals surface area contributed by atoms with E-state index in [-0.39, 0.29) is 0 Å². The first-order valence-electron chi connectivity index (χ1n) is 4.04. The van der Waals surface area contributed by atoms with Crippen molar-refractivity contribution in [3.8, 4) is 0 Å². The Morgan fingerprint density at radius 1 is 1.58 bits per heavy atom. The summed E-state index contributed by atoms with van der Waals surface area (Å²) < 4.78 is 1.93. The first-order valence-corrected chi connectivity index (χ1v) is 4.04. The molecule has 1 aromatic heterocycles. The molecule has 0 aromatic carbocycles. The molecule has 0 spiro atoms. The lowest BCUT2D eigenvalue weighted by Crippen LogP contribution is -2.19. The van der Waals surface area contributed by atoms with Gasteiger partial charge in [0.05, 0.1) is 24.1 Å². The van der Waals surface area contributed by atoms with Gasteiger partial charge in [0.1, 0.15) is 0 Å². The predicted octanol–water partition coefficient (Wildman–Crippen LogP) is 0.335. The third kappa shape index (κ3) is 1.98. The van der Waals surface area contributed by atoms with Crippen LogP contribution in [-0.2, 0) is 6.54 Å². The van der Waals surface area contributed by atoms with Crippen molar-refractivity contribution in [2.75, 3.05) is 26.4 Å². The molecule has 0 aliphatic carbocycles. The summed E-state index contributed by atoms with van der Waals surface area (Å²) in [5.74, 6) is 0. The van der Waals surface area contributed by atoms with Crippen LogP contribution < -0.4 is 5.73 Å². The van der Waals surface area contributed by atoms with Crippen LogP contribution in [0.5, 0.6) is 0 Å². The number of likely N-dealkylation sites (N-methyl/N-ethyl adjacent to an activating group) is 1. The van der Waals surface area contributed by atoms with Gasteiger partial charge in [0.25, 0.3) is 0 Å². The summed E-state index contributed by atoms with van der Waals surface area (Å²) in [7, 11) is 4.09. The molecule has 0 atom stereocenters. The molecule has 1 rings (SSSR count). The Morgan fingerprint density at radius 3 is 2.67 bits per heavy atom. The van der Waals surface area contributed by atoms with Crippen molar-refractivity contribution in [2.45, 2.75) is 13.5 Å². The van der Waals surface area contributed by atoms with Gasteiger partial charge in [-0.2, -0.15) is 5.10 Å². The second-order valence-electron chi connectivity index (χ2n) is 3.21. The van der Waals surface area contributed by atoms with Crippen LogP contribution >= 0.6 is 0 Å². The maximum absolute atomic E-state index is 5.65. The lowest BCUT2D eigenvalue weighted by Gasteiger charge is -2.10. The van der Waals surface area contributed by atoms with Gasteiger partial charge in [-0.25, -0.2) is 0 Å². The highest BCUT2D eigenvalue weighted by molar-refractivity contribution is 5.39. The molecule has 0 fully saturated rings. The lowest BCUT2D eigenvalue weighted by atomic mass is 10.4. The van der Waals surface area contributed by atoms with Crippen LogP contribution in [0.15, 0.2) is 6.20 Å². The van der Waals surface area contributed by atoms with Crippen molar-refractivity contribution in [1.29, 1.82) is 0 Å². The van der Waals surface area contributed by atoms with Crippen LogP contribution in [0.1, 0.15) is 5.69 Å². The highest BCUT2D eigenvalue weighted by atomic mass is 15.3. The van der Waals surface area contributed by atoms with Gasteiger partial charge < -0.3 is 10.6 Å². The van der Waals surface area contributed by atoms with E-state index in [1.165, 1.54) is 0 Å². The molecular formula is C8H16N4. The van der Waals surface area contributed by atoms with E-state index in [0.29, 0.717) is 0 Å². The van der Waals surface area contributed by atoms with E-state index in [2.05, 4.69) is 10.00 Å². The number of hydrogen-bond donors (Lipinski definition) is 1. The minimum Gasteiger partial charge on any atom is -0.396 e. The lowest BCUT2D eigenvalue weighted by molar-refractivity contribution is 0.371. The molecular weight excluding hydrogens is 152 g/mol. The second kappa shape index (κ2) is 3.58. The molecule has 0 amide bonds. The second-order valence-corrected chi connectivity index (χ2v) is 3.21. The summed E-state index contributed by atoms with van der Waals surface area (Å²) in [5, 5.41) is 4.15. The normalized spacial score (nSPS) is 11.0. The van der Waals surface area contributed by atoms with Crippen LogP contribution in [0.3, 0.4) is 0 Å². The van der Waals surface area contributed by atoms with Gasteiger partial charge in [-0.1, -0.05) is 0 Å². The molecule has 12 heavy (non-hydrogen) atoms. The van der Waals surface area contributed by atoms with Gasteiger partial charge in [0.15, 0.2) is 0 Å². The molecule has 0 aliphatic rings. The van der Waals surface area contributed by atoms with Crippen molar-refractivity contribution in [3.63, 3.8) is 0 Å². The van der Waals surface area contributed by atoms with E-state index in [4.69, 9.17) is 5.73 Å². The standard InChI is InChI=1S/C8H16N4/c1-7-8(9)6-10-12(7)5-4-11(2)3/h6H,4-5,9H2,1-3H3. The average molecular weight is 168 g/mol. The molecule has 1 aromatic rings. The zero-order chi connectivity index (χ0) is 9.14. The molecule has 2 N–H and O–H groups in total. The van der Waals surface area contributed by atoms with Crippen molar-refractivity contribution in [1.82, 2.24) is 14.7 Å². The van der Waals surface area contributed by atoms with Gasteiger partial charge in [-0.15, -0.1) is 0 Å². The molecule has 68 valence electrons. The zero-order valence-electron chi connectivity index (χ0n) is 7.91. The first-order chi connectivity index (χ1) is 5.61. The van der Waals surface area contributed by atoms with E-state index in [1.807, 2.05) is 25.7 Å². The summed E-state index contributed by atoms with van der Waals surface area (Å²) >= 11 is 0. The summed E-state index contributed by atoms with van der Waals surface area (Å²) in [5.41, 5.74) is 7.47. The SMILES string of the molecule is Cc1c(N)cnn1CCN(C)C. The molecule has 0 radical (unpaired) electrons. The molecule has 0 saturated carbocycles. The third-order valence-corrected chi connectivity index (χ3v) is 1.90. The van der Waals surface area contributed by atoms with Crippen LogP contribution in [-0.4, -0.2) is 35.3 Å². The summed E-state index contributed by atoms with van der Waals surface area (Å²) in [6, 6.07) is 0. The number of anilines is 1. The van der Waals surface area contributed by atoms with Crippen molar-refractivity contribution in [3.05, 3.63) is 11.9 Å². The van der Waals surface area contributed by atoms with Crippen molar-refractivity contribution in [2.24, 2.45) is 0 Å². The first kappa shape index (κ1) is 9.06. The van der Waals surface area contributed by atoms with E-state index >= 15 is 0 Å². The average Bonchev–Trinajstić information content (AvgIpc) is 2.30. The predicted molar refractivity (Wildman–Crippen MR) is 49.9 cm³/mol. The van der Waals surface area contributed by atoms with E-state index in [0.717, 1.165) is 24.5 Å². The van der Waals surface area contributed by atoms with Crippen molar-refractivity contribution < 1.29 is 0 Å². The smallest absolute Gasteiger partial charge is 0.0730 e. The molecule has 0 bridgehead atoms. The number of aromatic nitrogens is 2. The van der Waals surface area contributed by atoms with Gasteiger partial charge in [-0.3, -0.25) is 4.68 Å². The topological polar surface area (TPSA) is 47.1 Å². The molecule has 0 aliphatic heterocycles. The Labute approximate surface area is 73.0 Å². The van der Waals surface area contributed by atoms with Crippen LogP contribution in [0, 0.1) is 6.92 Å². The Bertz CT molecular complexity index is 252. The minimum atomic E-state index is 0.772. The number of nitrogens with two attached hydrogens (primary N) is 1. The fraction of sp³-hybridized carbons (Fsp3) is 0.625. The Balaban J connectivity index is 2.58. The zero-order valence-corrected chi connectivity index (χ0v) is 7.91. The van der Waals surface area contributed by atoms with Gasteiger partial charge in [-0.05, 0) is 21.0 Å². The molecule has 1 heterocycles. The fourth-order valence-electron chi connectivity index (χ4n) is 0.981. The highest BCUT2D eigenvalue weighted by Crippen LogP contribution is 2.07. The molecule has 0 unspecified atom stereocenters. The Morgan fingerprint density at radius 2 is 2.25 bits per heavy atom. The Hall–Kier alpha value is -1.03.